The standard InChI is InChI=1S/C16H14Cl2N2O/c17-14-8-6-13(10-15(14)18)11-19-20-16(21)9-7-12-4-2-1-3-5-12/h1-6,8,10-11H,7,9H2,(H,20,21)/b19-11+. The van der Waals surface area contributed by atoms with Gasteiger partial charge < -0.3 is 0 Å². The maximum absolute atomic E-state index is 11.7. The molecule has 0 aliphatic heterocycles. The summed E-state index contributed by atoms with van der Waals surface area (Å²) in [5, 5.41) is 4.84. The van der Waals surface area contributed by atoms with Crippen LogP contribution in [-0.4, -0.2) is 12.1 Å². The maximum atomic E-state index is 11.7. The van der Waals surface area contributed by atoms with E-state index in [1.165, 1.54) is 6.21 Å². The predicted octanol–water partition coefficient (Wildman–Crippen LogP) is 4.08. The molecule has 0 aromatic heterocycles. The molecule has 0 bridgehead atoms. The lowest BCUT2D eigenvalue weighted by molar-refractivity contribution is -0.121. The fourth-order valence-electron chi connectivity index (χ4n) is 1.73. The van der Waals surface area contributed by atoms with E-state index in [0.717, 1.165) is 11.1 Å². The zero-order chi connectivity index (χ0) is 15.1. The van der Waals surface area contributed by atoms with Crippen molar-refractivity contribution in [1.29, 1.82) is 0 Å². The lowest BCUT2D eigenvalue weighted by atomic mass is 10.1. The Bertz CT molecular complexity index is 642. The van der Waals surface area contributed by atoms with Crippen molar-refractivity contribution in [2.24, 2.45) is 5.10 Å². The van der Waals surface area contributed by atoms with Crippen molar-refractivity contribution in [1.82, 2.24) is 5.43 Å². The molecule has 21 heavy (non-hydrogen) atoms. The lowest BCUT2D eigenvalue weighted by Crippen LogP contribution is -2.17. The van der Waals surface area contributed by atoms with Gasteiger partial charge in [-0.25, -0.2) is 5.43 Å². The number of hydrogen-bond acceptors (Lipinski definition) is 2. The van der Waals surface area contributed by atoms with Gasteiger partial charge in [-0.1, -0.05) is 59.6 Å². The number of halogens is 2. The topological polar surface area (TPSA) is 41.5 Å². The molecule has 0 spiro atoms. The number of carbonyl (C=O) groups excluding carboxylic acids is 1. The Morgan fingerprint density at radius 2 is 1.86 bits per heavy atom. The van der Waals surface area contributed by atoms with Crippen molar-refractivity contribution in [3.8, 4) is 0 Å². The Labute approximate surface area is 133 Å². The van der Waals surface area contributed by atoms with E-state index in [1.54, 1.807) is 18.2 Å². The Hall–Kier alpha value is -1.84. The highest BCUT2D eigenvalue weighted by atomic mass is 35.5. The molecule has 0 saturated carbocycles. The van der Waals surface area contributed by atoms with Crippen LogP contribution < -0.4 is 5.43 Å². The van der Waals surface area contributed by atoms with Crippen LogP contribution in [0.4, 0.5) is 0 Å². The SMILES string of the molecule is O=C(CCc1ccccc1)N/N=C/c1ccc(Cl)c(Cl)c1. The predicted molar refractivity (Wildman–Crippen MR) is 87.0 cm³/mol. The summed E-state index contributed by atoms with van der Waals surface area (Å²) >= 11 is 11.7. The van der Waals surface area contributed by atoms with Gasteiger partial charge in [-0.2, -0.15) is 5.10 Å². The molecule has 2 rings (SSSR count). The summed E-state index contributed by atoms with van der Waals surface area (Å²) in [5.41, 5.74) is 4.39. The van der Waals surface area contributed by atoms with E-state index in [2.05, 4.69) is 10.5 Å². The molecule has 0 aliphatic carbocycles. The number of nitrogens with zero attached hydrogens (tertiary/aromatic N) is 1. The van der Waals surface area contributed by atoms with E-state index >= 15 is 0 Å². The van der Waals surface area contributed by atoms with Crippen LogP contribution in [0.5, 0.6) is 0 Å². The molecule has 0 heterocycles. The van der Waals surface area contributed by atoms with E-state index in [-0.39, 0.29) is 5.91 Å². The van der Waals surface area contributed by atoms with Crippen LogP contribution in [0.15, 0.2) is 53.6 Å². The molecule has 3 nitrogen and oxygen atoms in total. The number of amides is 1. The summed E-state index contributed by atoms with van der Waals surface area (Å²) in [4.78, 5) is 11.7. The average Bonchev–Trinajstić information content (AvgIpc) is 2.50. The summed E-state index contributed by atoms with van der Waals surface area (Å²) < 4.78 is 0. The summed E-state index contributed by atoms with van der Waals surface area (Å²) in [6, 6.07) is 15.0. The molecule has 1 N–H and O–H groups in total. The molecule has 0 saturated heterocycles. The first-order valence-corrected chi connectivity index (χ1v) is 7.21. The summed E-state index contributed by atoms with van der Waals surface area (Å²) in [6.45, 7) is 0. The smallest absolute Gasteiger partial charge is 0.240 e. The van der Waals surface area contributed by atoms with Crippen LogP contribution in [0.2, 0.25) is 10.0 Å². The number of aryl methyl sites for hydroxylation is 1. The van der Waals surface area contributed by atoms with Crippen LogP contribution in [0, 0.1) is 0 Å². The molecule has 108 valence electrons. The second-order valence-corrected chi connectivity index (χ2v) is 5.27. The number of nitrogens with one attached hydrogen (secondary N) is 1. The Kier molecular flexibility index (Phi) is 5.78. The highest BCUT2D eigenvalue weighted by Gasteiger charge is 2.01. The number of rotatable bonds is 5. The Morgan fingerprint density at radius 3 is 2.57 bits per heavy atom. The van der Waals surface area contributed by atoms with E-state index < -0.39 is 0 Å². The third-order valence-electron chi connectivity index (χ3n) is 2.83. The van der Waals surface area contributed by atoms with Crippen molar-refractivity contribution in [2.75, 3.05) is 0 Å². The van der Waals surface area contributed by atoms with Crippen molar-refractivity contribution < 1.29 is 4.79 Å². The van der Waals surface area contributed by atoms with Gasteiger partial charge in [-0.3, -0.25) is 4.79 Å². The maximum Gasteiger partial charge on any atom is 0.240 e. The van der Waals surface area contributed by atoms with Crippen molar-refractivity contribution in [2.45, 2.75) is 12.8 Å². The number of benzene rings is 2. The van der Waals surface area contributed by atoms with Gasteiger partial charge in [0.05, 0.1) is 16.3 Å². The first kappa shape index (κ1) is 15.5. The van der Waals surface area contributed by atoms with Crippen LogP contribution in [0.25, 0.3) is 0 Å². The molecular formula is C16H14Cl2N2O. The molecule has 5 heteroatoms. The van der Waals surface area contributed by atoms with Crippen molar-refractivity contribution in [3.05, 3.63) is 69.7 Å². The molecule has 0 aliphatic rings. The molecule has 0 radical (unpaired) electrons. The zero-order valence-electron chi connectivity index (χ0n) is 11.2. The largest absolute Gasteiger partial charge is 0.273 e. The second kappa shape index (κ2) is 7.81. The number of hydrazone groups is 1. The first-order chi connectivity index (χ1) is 10.1. The van der Waals surface area contributed by atoms with Crippen LogP contribution in [0.1, 0.15) is 17.5 Å². The second-order valence-electron chi connectivity index (χ2n) is 4.45. The van der Waals surface area contributed by atoms with Crippen LogP contribution in [0.3, 0.4) is 0 Å². The Balaban J connectivity index is 1.80. The fraction of sp³-hybridized carbons (Fsp3) is 0.125. The van der Waals surface area contributed by atoms with E-state index in [0.29, 0.717) is 22.9 Å². The number of carbonyl (C=O) groups is 1. The van der Waals surface area contributed by atoms with Gasteiger partial charge in [0.2, 0.25) is 5.91 Å². The van der Waals surface area contributed by atoms with Crippen LogP contribution >= 0.6 is 23.2 Å². The van der Waals surface area contributed by atoms with Gasteiger partial charge in [0.25, 0.3) is 0 Å². The van der Waals surface area contributed by atoms with Gasteiger partial charge in [0.1, 0.15) is 0 Å². The van der Waals surface area contributed by atoms with E-state index in [1.807, 2.05) is 30.3 Å². The van der Waals surface area contributed by atoms with Gasteiger partial charge in [0, 0.05) is 6.42 Å². The highest BCUT2D eigenvalue weighted by molar-refractivity contribution is 6.42. The normalized spacial score (nSPS) is 10.8. The lowest BCUT2D eigenvalue weighted by Gasteiger charge is -2.01. The van der Waals surface area contributed by atoms with Gasteiger partial charge >= 0.3 is 0 Å². The summed E-state index contributed by atoms with van der Waals surface area (Å²) in [5.74, 6) is -0.129. The fourth-order valence-corrected chi connectivity index (χ4v) is 2.04. The zero-order valence-corrected chi connectivity index (χ0v) is 12.7. The monoisotopic (exact) mass is 320 g/mol. The molecular weight excluding hydrogens is 307 g/mol. The molecule has 0 fully saturated rings. The van der Waals surface area contributed by atoms with E-state index in [4.69, 9.17) is 23.2 Å². The van der Waals surface area contributed by atoms with Gasteiger partial charge in [-0.15, -0.1) is 0 Å². The van der Waals surface area contributed by atoms with Gasteiger partial charge in [0.15, 0.2) is 0 Å². The highest BCUT2D eigenvalue weighted by Crippen LogP contribution is 2.21. The Morgan fingerprint density at radius 1 is 1.10 bits per heavy atom. The van der Waals surface area contributed by atoms with Crippen LogP contribution in [-0.2, 0) is 11.2 Å². The van der Waals surface area contributed by atoms with Crippen molar-refractivity contribution in [3.63, 3.8) is 0 Å². The van der Waals surface area contributed by atoms with E-state index in [9.17, 15) is 4.79 Å². The van der Waals surface area contributed by atoms with Gasteiger partial charge in [-0.05, 0) is 29.7 Å². The number of hydrogen-bond donors (Lipinski definition) is 1. The summed E-state index contributed by atoms with van der Waals surface area (Å²) in [6.07, 6.45) is 2.61. The molecule has 2 aromatic carbocycles. The minimum atomic E-state index is -0.129. The average molecular weight is 321 g/mol. The van der Waals surface area contributed by atoms with Crippen molar-refractivity contribution >= 4 is 35.3 Å². The third kappa shape index (κ3) is 5.21. The minimum absolute atomic E-state index is 0.129. The third-order valence-corrected chi connectivity index (χ3v) is 3.57. The molecule has 0 atom stereocenters. The quantitative estimate of drug-likeness (QED) is 0.654. The molecule has 2 aromatic rings. The first-order valence-electron chi connectivity index (χ1n) is 6.46. The molecule has 1 amide bonds. The molecule has 0 unspecified atom stereocenters. The summed E-state index contributed by atoms with van der Waals surface area (Å²) in [7, 11) is 0. The minimum Gasteiger partial charge on any atom is -0.273 e.